The van der Waals surface area contributed by atoms with E-state index in [1.165, 1.54) is 0 Å². The maximum absolute atomic E-state index is 12.6. The number of para-hydroxylation sites is 2. The fourth-order valence-electron chi connectivity index (χ4n) is 3.21. The number of carbonyl (C=O) groups is 1. The summed E-state index contributed by atoms with van der Waals surface area (Å²) in [5, 5.41) is 0. The molecule has 1 atom stereocenters. The van der Waals surface area contributed by atoms with Gasteiger partial charge in [-0.3, -0.25) is 9.69 Å². The van der Waals surface area contributed by atoms with Gasteiger partial charge in [0.1, 0.15) is 6.61 Å². The van der Waals surface area contributed by atoms with Gasteiger partial charge in [-0.15, -0.1) is 12.4 Å². The van der Waals surface area contributed by atoms with Gasteiger partial charge in [0.25, 0.3) is 0 Å². The number of rotatable bonds is 5. The number of halogens is 1. The minimum atomic E-state index is -0.126. The SMILES string of the molecule is CCN(CC1COc2ccccc2O1)C(=O)CN1CCC(N)CC1.Cl. The third-order valence-electron chi connectivity index (χ3n) is 4.72. The van der Waals surface area contributed by atoms with Crippen molar-refractivity contribution in [1.29, 1.82) is 0 Å². The van der Waals surface area contributed by atoms with Gasteiger partial charge in [-0.1, -0.05) is 12.1 Å². The molecule has 1 fully saturated rings. The second kappa shape index (κ2) is 9.27. The van der Waals surface area contributed by atoms with E-state index in [1.54, 1.807) is 0 Å². The molecule has 0 aliphatic carbocycles. The highest BCUT2D eigenvalue weighted by atomic mass is 35.5. The lowest BCUT2D eigenvalue weighted by Crippen LogP contribution is -2.49. The van der Waals surface area contributed by atoms with E-state index in [9.17, 15) is 4.79 Å². The van der Waals surface area contributed by atoms with Crippen molar-refractivity contribution in [3.05, 3.63) is 24.3 Å². The van der Waals surface area contributed by atoms with Crippen LogP contribution in [0.2, 0.25) is 0 Å². The summed E-state index contributed by atoms with van der Waals surface area (Å²) in [5.41, 5.74) is 5.92. The van der Waals surface area contributed by atoms with Crippen molar-refractivity contribution in [3.63, 3.8) is 0 Å². The Morgan fingerprint density at radius 2 is 1.96 bits per heavy atom. The number of ether oxygens (including phenoxy) is 2. The highest BCUT2D eigenvalue weighted by Gasteiger charge is 2.26. The minimum Gasteiger partial charge on any atom is -0.486 e. The van der Waals surface area contributed by atoms with Crippen LogP contribution in [0, 0.1) is 0 Å². The lowest BCUT2D eigenvalue weighted by molar-refractivity contribution is -0.134. The fraction of sp³-hybridized carbons (Fsp3) is 0.611. The van der Waals surface area contributed by atoms with Crippen LogP contribution in [0.5, 0.6) is 11.5 Å². The van der Waals surface area contributed by atoms with Crippen LogP contribution >= 0.6 is 12.4 Å². The molecule has 7 heteroatoms. The third-order valence-corrected chi connectivity index (χ3v) is 4.72. The van der Waals surface area contributed by atoms with E-state index in [0.29, 0.717) is 26.2 Å². The molecule has 25 heavy (non-hydrogen) atoms. The maximum Gasteiger partial charge on any atom is 0.236 e. The first-order valence-corrected chi connectivity index (χ1v) is 8.80. The number of hydrogen-bond donors (Lipinski definition) is 1. The van der Waals surface area contributed by atoms with Crippen LogP contribution < -0.4 is 15.2 Å². The van der Waals surface area contributed by atoms with E-state index >= 15 is 0 Å². The molecule has 1 unspecified atom stereocenters. The molecule has 0 spiro atoms. The zero-order valence-corrected chi connectivity index (χ0v) is 15.5. The standard InChI is InChI=1S/C18H27N3O3.ClH/c1-2-21(18(22)12-20-9-7-14(19)8-10-20)11-15-13-23-16-5-3-4-6-17(16)24-15;/h3-6,14-15H,2,7-13,19H2,1H3;1H. The number of fused-ring (bicyclic) bond motifs is 1. The summed E-state index contributed by atoms with van der Waals surface area (Å²) >= 11 is 0. The van der Waals surface area contributed by atoms with Crippen molar-refractivity contribution in [3.8, 4) is 11.5 Å². The number of amides is 1. The van der Waals surface area contributed by atoms with Gasteiger partial charge < -0.3 is 20.1 Å². The zero-order chi connectivity index (χ0) is 16.9. The highest BCUT2D eigenvalue weighted by molar-refractivity contribution is 5.85. The first-order chi connectivity index (χ1) is 11.7. The first kappa shape index (κ1) is 19.8. The number of likely N-dealkylation sites (tertiary alicyclic amines) is 1. The molecule has 1 aromatic rings. The number of nitrogens with zero attached hydrogens (tertiary/aromatic N) is 2. The smallest absolute Gasteiger partial charge is 0.236 e. The fourth-order valence-corrected chi connectivity index (χ4v) is 3.21. The molecule has 1 amide bonds. The second-order valence-electron chi connectivity index (χ2n) is 6.54. The monoisotopic (exact) mass is 369 g/mol. The quantitative estimate of drug-likeness (QED) is 0.852. The Kier molecular flexibility index (Phi) is 7.35. The average molecular weight is 370 g/mol. The van der Waals surface area contributed by atoms with Crippen molar-refractivity contribution in [2.24, 2.45) is 5.73 Å². The van der Waals surface area contributed by atoms with E-state index in [0.717, 1.165) is 37.4 Å². The molecule has 0 saturated carbocycles. The van der Waals surface area contributed by atoms with Crippen molar-refractivity contribution in [2.45, 2.75) is 31.9 Å². The van der Waals surface area contributed by atoms with E-state index in [2.05, 4.69) is 4.90 Å². The first-order valence-electron chi connectivity index (χ1n) is 8.80. The highest BCUT2D eigenvalue weighted by Crippen LogP contribution is 2.31. The van der Waals surface area contributed by atoms with Gasteiger partial charge in [-0.2, -0.15) is 0 Å². The van der Waals surface area contributed by atoms with Crippen LogP contribution in [0.25, 0.3) is 0 Å². The normalized spacial score (nSPS) is 20.6. The number of benzene rings is 1. The van der Waals surface area contributed by atoms with Crippen molar-refractivity contribution in [2.75, 3.05) is 39.3 Å². The number of carbonyl (C=O) groups excluding carboxylic acids is 1. The summed E-state index contributed by atoms with van der Waals surface area (Å²) in [6.45, 7) is 5.97. The Morgan fingerprint density at radius 1 is 1.28 bits per heavy atom. The maximum atomic E-state index is 12.6. The average Bonchev–Trinajstić information content (AvgIpc) is 2.61. The van der Waals surface area contributed by atoms with Gasteiger partial charge >= 0.3 is 0 Å². The molecular weight excluding hydrogens is 342 g/mol. The summed E-state index contributed by atoms with van der Waals surface area (Å²) in [6.07, 6.45) is 1.81. The molecule has 2 heterocycles. The molecule has 140 valence electrons. The van der Waals surface area contributed by atoms with Gasteiger partial charge in [0.2, 0.25) is 5.91 Å². The molecule has 1 saturated heterocycles. The molecule has 0 bridgehead atoms. The third kappa shape index (κ3) is 5.23. The minimum absolute atomic E-state index is 0. The Balaban J connectivity index is 0.00000225. The van der Waals surface area contributed by atoms with Crippen LogP contribution in [0.1, 0.15) is 19.8 Å². The zero-order valence-electron chi connectivity index (χ0n) is 14.7. The predicted molar refractivity (Wildman–Crippen MR) is 99.5 cm³/mol. The summed E-state index contributed by atoms with van der Waals surface area (Å²) in [6, 6.07) is 7.93. The molecule has 2 N–H and O–H groups in total. The lowest BCUT2D eigenvalue weighted by Gasteiger charge is -2.34. The van der Waals surface area contributed by atoms with Crippen molar-refractivity contribution in [1.82, 2.24) is 9.80 Å². The van der Waals surface area contributed by atoms with Crippen molar-refractivity contribution >= 4 is 18.3 Å². The lowest BCUT2D eigenvalue weighted by atomic mass is 10.1. The topological polar surface area (TPSA) is 68.0 Å². The van der Waals surface area contributed by atoms with E-state index in [4.69, 9.17) is 15.2 Å². The number of nitrogens with two attached hydrogens (primary N) is 1. The molecule has 6 nitrogen and oxygen atoms in total. The van der Waals surface area contributed by atoms with Crippen molar-refractivity contribution < 1.29 is 14.3 Å². The van der Waals surface area contributed by atoms with E-state index in [1.807, 2.05) is 36.1 Å². The summed E-state index contributed by atoms with van der Waals surface area (Å²) in [4.78, 5) is 16.7. The molecule has 2 aliphatic heterocycles. The summed E-state index contributed by atoms with van der Waals surface area (Å²) < 4.78 is 11.7. The van der Waals surface area contributed by atoms with Crippen LogP contribution in [0.4, 0.5) is 0 Å². The molecule has 0 aromatic heterocycles. The van der Waals surface area contributed by atoms with E-state index in [-0.39, 0.29) is 30.5 Å². The Labute approximate surface area is 155 Å². The largest absolute Gasteiger partial charge is 0.486 e. The molecule has 3 rings (SSSR count). The number of hydrogen-bond acceptors (Lipinski definition) is 5. The Bertz CT molecular complexity index is 564. The number of piperidine rings is 1. The van der Waals surface area contributed by atoms with E-state index < -0.39 is 0 Å². The summed E-state index contributed by atoms with van der Waals surface area (Å²) in [7, 11) is 0. The van der Waals surface area contributed by atoms with Gasteiger partial charge in [0.15, 0.2) is 17.6 Å². The molecular formula is C18H28ClN3O3. The van der Waals surface area contributed by atoms with Crippen LogP contribution in [-0.4, -0.2) is 67.2 Å². The van der Waals surface area contributed by atoms with Gasteiger partial charge in [-0.05, 0) is 31.9 Å². The summed E-state index contributed by atoms with van der Waals surface area (Å²) in [5.74, 6) is 1.67. The van der Waals surface area contributed by atoms with Gasteiger partial charge in [0, 0.05) is 25.7 Å². The van der Waals surface area contributed by atoms with Gasteiger partial charge in [-0.25, -0.2) is 0 Å². The Morgan fingerprint density at radius 3 is 2.64 bits per heavy atom. The van der Waals surface area contributed by atoms with Crippen LogP contribution in [-0.2, 0) is 4.79 Å². The molecule has 2 aliphatic rings. The van der Waals surface area contributed by atoms with Crippen LogP contribution in [0.3, 0.4) is 0 Å². The molecule has 1 aromatic carbocycles. The second-order valence-corrected chi connectivity index (χ2v) is 6.54. The van der Waals surface area contributed by atoms with Gasteiger partial charge in [0.05, 0.1) is 13.1 Å². The Hall–Kier alpha value is -1.50. The number of likely N-dealkylation sites (N-methyl/N-ethyl adjacent to an activating group) is 1. The predicted octanol–water partition coefficient (Wildman–Crippen LogP) is 1.52. The molecule has 0 radical (unpaired) electrons. The van der Waals surface area contributed by atoms with Crippen LogP contribution in [0.15, 0.2) is 24.3 Å².